The highest BCUT2D eigenvalue weighted by molar-refractivity contribution is 5.84. The molecule has 5 heteroatoms. The van der Waals surface area contributed by atoms with Crippen LogP contribution >= 0.6 is 0 Å². The molecule has 0 aliphatic carbocycles. The number of fused-ring (bicyclic) bond motifs is 2. The number of benzene rings is 2. The smallest absolute Gasteiger partial charge is 0.125 e. The lowest BCUT2D eigenvalue weighted by Crippen LogP contribution is -2.31. The summed E-state index contributed by atoms with van der Waals surface area (Å²) in [4.78, 5) is 14.8. The Balaban J connectivity index is 1.33. The summed E-state index contributed by atoms with van der Waals surface area (Å²) in [6.45, 7) is 5.32. The fourth-order valence-electron chi connectivity index (χ4n) is 3.95. The van der Waals surface area contributed by atoms with E-state index in [1.54, 1.807) is 0 Å². The van der Waals surface area contributed by atoms with Crippen LogP contribution in [0, 0.1) is 6.92 Å². The minimum atomic E-state index is 0.577. The maximum Gasteiger partial charge on any atom is 0.125 e. The topological polar surface area (TPSA) is 54.0 Å². The van der Waals surface area contributed by atoms with E-state index in [1.807, 2.05) is 37.4 Å². The number of ether oxygens (including phenoxy) is 1. The number of H-pyrrole nitrogens is 1. The molecule has 0 unspecified atom stereocenters. The normalized spacial score (nSPS) is 14.1. The van der Waals surface area contributed by atoms with Crippen molar-refractivity contribution in [1.29, 1.82) is 0 Å². The summed E-state index contributed by atoms with van der Waals surface area (Å²) in [5, 5.41) is 1.22. The van der Waals surface area contributed by atoms with Crippen molar-refractivity contribution in [2.45, 2.75) is 33.0 Å². The molecular weight excluding hydrogens is 360 g/mol. The SMILES string of the molecule is Cc1ncc2c(n1)CN(Cc1c[nH]c3ccc(OCc4ccccc4)cc13)CC2. The fraction of sp³-hybridized carbons (Fsp3) is 0.250. The summed E-state index contributed by atoms with van der Waals surface area (Å²) in [7, 11) is 0. The Labute approximate surface area is 170 Å². The minimum Gasteiger partial charge on any atom is -0.489 e. The summed E-state index contributed by atoms with van der Waals surface area (Å²) in [6, 6.07) is 16.5. The lowest BCUT2D eigenvalue weighted by molar-refractivity contribution is 0.241. The second kappa shape index (κ2) is 7.68. The summed E-state index contributed by atoms with van der Waals surface area (Å²) in [5.41, 5.74) is 6.05. The Bertz CT molecular complexity index is 1140. The quantitative estimate of drug-likeness (QED) is 0.554. The van der Waals surface area contributed by atoms with Gasteiger partial charge >= 0.3 is 0 Å². The lowest BCUT2D eigenvalue weighted by Gasteiger charge is -2.27. The zero-order valence-electron chi connectivity index (χ0n) is 16.6. The van der Waals surface area contributed by atoms with Gasteiger partial charge in [-0.3, -0.25) is 4.90 Å². The van der Waals surface area contributed by atoms with Crippen molar-refractivity contribution < 1.29 is 4.74 Å². The number of aromatic nitrogens is 3. The van der Waals surface area contributed by atoms with E-state index in [2.05, 4.69) is 50.3 Å². The molecule has 1 N–H and O–H groups in total. The van der Waals surface area contributed by atoms with Gasteiger partial charge in [0.1, 0.15) is 18.2 Å². The number of hydrogen-bond acceptors (Lipinski definition) is 4. The Morgan fingerprint density at radius 2 is 2.03 bits per heavy atom. The van der Waals surface area contributed by atoms with Gasteiger partial charge < -0.3 is 9.72 Å². The van der Waals surface area contributed by atoms with Crippen molar-refractivity contribution in [2.24, 2.45) is 0 Å². The molecule has 0 bridgehead atoms. The molecule has 1 aliphatic heterocycles. The molecule has 3 heterocycles. The molecule has 1 aliphatic rings. The summed E-state index contributed by atoms with van der Waals surface area (Å²) >= 11 is 0. The molecule has 146 valence electrons. The van der Waals surface area contributed by atoms with Crippen LogP contribution in [-0.4, -0.2) is 26.4 Å². The van der Waals surface area contributed by atoms with Gasteiger partial charge in [-0.05, 0) is 48.2 Å². The van der Waals surface area contributed by atoms with Crippen LogP contribution < -0.4 is 4.74 Å². The van der Waals surface area contributed by atoms with Crippen LogP contribution in [0.1, 0.15) is 28.2 Å². The average molecular weight is 384 g/mol. The zero-order valence-corrected chi connectivity index (χ0v) is 16.6. The van der Waals surface area contributed by atoms with Gasteiger partial charge in [0.15, 0.2) is 0 Å². The fourth-order valence-corrected chi connectivity index (χ4v) is 3.95. The zero-order chi connectivity index (χ0) is 19.6. The van der Waals surface area contributed by atoms with Crippen LogP contribution in [0.5, 0.6) is 5.75 Å². The van der Waals surface area contributed by atoms with Gasteiger partial charge in [0.25, 0.3) is 0 Å². The van der Waals surface area contributed by atoms with Crippen LogP contribution in [0.25, 0.3) is 10.9 Å². The predicted molar refractivity (Wildman–Crippen MR) is 114 cm³/mol. The largest absolute Gasteiger partial charge is 0.489 e. The van der Waals surface area contributed by atoms with Gasteiger partial charge in [0, 0.05) is 42.9 Å². The summed E-state index contributed by atoms with van der Waals surface area (Å²) in [6.07, 6.45) is 5.10. The molecule has 2 aromatic carbocycles. The highest BCUT2D eigenvalue weighted by Crippen LogP contribution is 2.27. The molecule has 0 atom stereocenters. The Kier molecular flexibility index (Phi) is 4.74. The summed E-state index contributed by atoms with van der Waals surface area (Å²) in [5.74, 6) is 1.74. The van der Waals surface area contributed by atoms with Crippen molar-refractivity contribution in [3.63, 3.8) is 0 Å². The first-order valence-electron chi connectivity index (χ1n) is 10.0. The predicted octanol–water partition coefficient (Wildman–Crippen LogP) is 4.40. The Morgan fingerprint density at radius 1 is 1.14 bits per heavy atom. The molecule has 0 saturated heterocycles. The van der Waals surface area contributed by atoms with E-state index in [0.717, 1.165) is 48.8 Å². The van der Waals surface area contributed by atoms with E-state index in [-0.39, 0.29) is 0 Å². The van der Waals surface area contributed by atoms with E-state index in [1.165, 1.54) is 22.1 Å². The van der Waals surface area contributed by atoms with Gasteiger partial charge in [0.2, 0.25) is 0 Å². The van der Waals surface area contributed by atoms with Crippen molar-refractivity contribution in [3.8, 4) is 5.75 Å². The first-order valence-corrected chi connectivity index (χ1v) is 10.0. The molecule has 0 spiro atoms. The van der Waals surface area contributed by atoms with E-state index >= 15 is 0 Å². The average Bonchev–Trinajstić information content (AvgIpc) is 3.15. The molecule has 5 nitrogen and oxygen atoms in total. The van der Waals surface area contributed by atoms with Gasteiger partial charge in [-0.1, -0.05) is 30.3 Å². The third-order valence-electron chi connectivity index (χ3n) is 5.53. The van der Waals surface area contributed by atoms with Crippen LogP contribution in [0.15, 0.2) is 60.9 Å². The highest BCUT2D eigenvalue weighted by Gasteiger charge is 2.19. The van der Waals surface area contributed by atoms with E-state index in [9.17, 15) is 0 Å². The van der Waals surface area contributed by atoms with Crippen molar-refractivity contribution in [3.05, 3.63) is 89.1 Å². The first kappa shape index (κ1) is 17.9. The number of aromatic amines is 1. The third-order valence-corrected chi connectivity index (χ3v) is 5.53. The van der Waals surface area contributed by atoms with E-state index in [4.69, 9.17) is 4.74 Å². The second-order valence-corrected chi connectivity index (χ2v) is 7.65. The molecule has 4 aromatic rings. The Hall–Kier alpha value is -3.18. The molecule has 29 heavy (non-hydrogen) atoms. The number of aryl methyl sites for hydroxylation is 1. The van der Waals surface area contributed by atoms with Crippen molar-refractivity contribution in [2.75, 3.05) is 6.54 Å². The van der Waals surface area contributed by atoms with Crippen LogP contribution in [0.4, 0.5) is 0 Å². The lowest BCUT2D eigenvalue weighted by atomic mass is 10.1. The van der Waals surface area contributed by atoms with Crippen molar-refractivity contribution in [1.82, 2.24) is 19.9 Å². The monoisotopic (exact) mass is 384 g/mol. The standard InChI is InChI=1S/C24H24N4O/c1-17-25-12-19-9-10-28(15-24(19)27-17)14-20-13-26-23-8-7-21(11-22(20)23)29-16-18-5-3-2-4-6-18/h2-8,11-13,26H,9-10,14-16H2,1H3. The molecular formula is C24H24N4O. The maximum absolute atomic E-state index is 6.03. The third kappa shape index (κ3) is 3.87. The molecule has 0 fully saturated rings. The Morgan fingerprint density at radius 3 is 2.93 bits per heavy atom. The van der Waals surface area contributed by atoms with Gasteiger partial charge in [0.05, 0.1) is 5.69 Å². The second-order valence-electron chi connectivity index (χ2n) is 7.65. The minimum absolute atomic E-state index is 0.577. The molecule has 2 aromatic heterocycles. The van der Waals surface area contributed by atoms with E-state index < -0.39 is 0 Å². The van der Waals surface area contributed by atoms with Crippen LogP contribution in [0.2, 0.25) is 0 Å². The van der Waals surface area contributed by atoms with E-state index in [0.29, 0.717) is 6.61 Å². The van der Waals surface area contributed by atoms with Gasteiger partial charge in [-0.25, -0.2) is 9.97 Å². The number of rotatable bonds is 5. The molecule has 0 radical (unpaired) electrons. The van der Waals surface area contributed by atoms with Crippen LogP contribution in [-0.2, 0) is 26.1 Å². The van der Waals surface area contributed by atoms with Gasteiger partial charge in [-0.15, -0.1) is 0 Å². The summed E-state index contributed by atoms with van der Waals surface area (Å²) < 4.78 is 6.03. The number of hydrogen-bond donors (Lipinski definition) is 1. The van der Waals surface area contributed by atoms with Gasteiger partial charge in [-0.2, -0.15) is 0 Å². The molecule has 0 amide bonds. The first-order chi connectivity index (χ1) is 14.2. The number of nitrogens with zero attached hydrogens (tertiary/aromatic N) is 3. The van der Waals surface area contributed by atoms with Crippen LogP contribution in [0.3, 0.4) is 0 Å². The van der Waals surface area contributed by atoms with Crippen molar-refractivity contribution >= 4 is 10.9 Å². The molecule has 0 saturated carbocycles. The molecule has 5 rings (SSSR count). The number of nitrogens with one attached hydrogen (secondary N) is 1. The highest BCUT2D eigenvalue weighted by atomic mass is 16.5. The maximum atomic E-state index is 6.03.